The molecular formula is C6H4BrO2. The van der Waals surface area contributed by atoms with E-state index in [1.165, 1.54) is 12.1 Å². The molecule has 1 aromatic rings. The molecule has 0 saturated carbocycles. The van der Waals surface area contributed by atoms with E-state index in [2.05, 4.69) is 22.0 Å². The summed E-state index contributed by atoms with van der Waals surface area (Å²) in [6, 6.07) is 5.31. The van der Waals surface area contributed by atoms with Crippen LogP contribution in [0.2, 0.25) is 0 Å². The SMILES string of the molecule is Oc1c[c]c(Br)cc1O. The average Bonchev–Trinajstić information content (AvgIpc) is 1.80. The van der Waals surface area contributed by atoms with Gasteiger partial charge in [-0.2, -0.15) is 0 Å². The zero-order valence-corrected chi connectivity index (χ0v) is 6.01. The molecule has 0 saturated heterocycles. The van der Waals surface area contributed by atoms with Gasteiger partial charge in [0, 0.05) is 10.5 Å². The molecule has 0 aliphatic heterocycles. The van der Waals surface area contributed by atoms with E-state index < -0.39 is 0 Å². The summed E-state index contributed by atoms with van der Waals surface area (Å²) in [5.41, 5.74) is 0. The maximum absolute atomic E-state index is 8.80. The number of hydrogen-bond acceptors (Lipinski definition) is 2. The van der Waals surface area contributed by atoms with Crippen molar-refractivity contribution in [1.82, 2.24) is 0 Å². The predicted molar refractivity (Wildman–Crippen MR) is 36.3 cm³/mol. The highest BCUT2D eigenvalue weighted by atomic mass is 79.9. The highest BCUT2D eigenvalue weighted by Gasteiger charge is 1.96. The van der Waals surface area contributed by atoms with Crippen LogP contribution in [-0.2, 0) is 0 Å². The quantitative estimate of drug-likeness (QED) is 0.607. The molecule has 1 radical (unpaired) electrons. The Balaban J connectivity index is 3.17. The summed E-state index contributed by atoms with van der Waals surface area (Å²) in [5.74, 6) is -0.293. The Bertz CT molecular complexity index is 222. The molecular weight excluding hydrogens is 184 g/mol. The number of hydrogen-bond donors (Lipinski definition) is 2. The van der Waals surface area contributed by atoms with E-state index in [1.807, 2.05) is 0 Å². The predicted octanol–water partition coefficient (Wildman–Crippen LogP) is 1.66. The minimum atomic E-state index is -0.154. The Hall–Kier alpha value is -0.700. The minimum absolute atomic E-state index is 0.138. The van der Waals surface area contributed by atoms with Crippen molar-refractivity contribution in [2.75, 3.05) is 0 Å². The highest BCUT2D eigenvalue weighted by Crippen LogP contribution is 2.26. The number of aromatic hydroxyl groups is 2. The summed E-state index contributed by atoms with van der Waals surface area (Å²) in [5, 5.41) is 17.5. The van der Waals surface area contributed by atoms with Crippen LogP contribution in [0.15, 0.2) is 16.6 Å². The van der Waals surface area contributed by atoms with Crippen LogP contribution in [0.5, 0.6) is 11.5 Å². The normalized spacial score (nSPS) is 9.44. The summed E-state index contributed by atoms with van der Waals surface area (Å²) in [6.45, 7) is 0. The van der Waals surface area contributed by atoms with Crippen LogP contribution >= 0.6 is 15.9 Å². The van der Waals surface area contributed by atoms with Gasteiger partial charge in [0.1, 0.15) is 0 Å². The fourth-order valence-electron chi connectivity index (χ4n) is 0.447. The fraction of sp³-hybridized carbons (Fsp3) is 0. The first-order valence-corrected chi connectivity index (χ1v) is 3.08. The highest BCUT2D eigenvalue weighted by molar-refractivity contribution is 9.10. The van der Waals surface area contributed by atoms with Gasteiger partial charge in [0.25, 0.3) is 0 Å². The molecule has 1 aromatic carbocycles. The van der Waals surface area contributed by atoms with Crippen LogP contribution in [0.3, 0.4) is 0 Å². The van der Waals surface area contributed by atoms with Gasteiger partial charge in [-0.25, -0.2) is 0 Å². The van der Waals surface area contributed by atoms with Gasteiger partial charge in [0.05, 0.1) is 0 Å². The number of benzene rings is 1. The molecule has 47 valence electrons. The molecule has 9 heavy (non-hydrogen) atoms. The summed E-state index contributed by atoms with van der Waals surface area (Å²) in [6.07, 6.45) is 0. The smallest absolute Gasteiger partial charge is 0.158 e. The Kier molecular flexibility index (Phi) is 1.62. The molecule has 0 atom stereocenters. The van der Waals surface area contributed by atoms with Crippen LogP contribution in [0.25, 0.3) is 0 Å². The Morgan fingerprint density at radius 2 is 2.00 bits per heavy atom. The lowest BCUT2D eigenvalue weighted by molar-refractivity contribution is 0.403. The molecule has 0 amide bonds. The lowest BCUT2D eigenvalue weighted by Crippen LogP contribution is -1.67. The molecule has 2 nitrogen and oxygen atoms in total. The summed E-state index contributed by atoms with van der Waals surface area (Å²) >= 11 is 3.07. The van der Waals surface area contributed by atoms with Gasteiger partial charge in [0.15, 0.2) is 11.5 Å². The topological polar surface area (TPSA) is 40.5 Å². The van der Waals surface area contributed by atoms with Gasteiger partial charge in [-0.1, -0.05) is 15.9 Å². The monoisotopic (exact) mass is 187 g/mol. The van der Waals surface area contributed by atoms with E-state index in [1.54, 1.807) is 0 Å². The van der Waals surface area contributed by atoms with Crippen LogP contribution in [-0.4, -0.2) is 10.2 Å². The van der Waals surface area contributed by atoms with Crippen molar-refractivity contribution in [2.24, 2.45) is 0 Å². The van der Waals surface area contributed by atoms with Gasteiger partial charge < -0.3 is 10.2 Å². The molecule has 0 aliphatic carbocycles. The summed E-state index contributed by atoms with van der Waals surface area (Å²) in [4.78, 5) is 0. The minimum Gasteiger partial charge on any atom is -0.504 e. The van der Waals surface area contributed by atoms with Crippen LogP contribution < -0.4 is 0 Å². The summed E-state index contributed by atoms with van der Waals surface area (Å²) < 4.78 is 0.623. The third kappa shape index (κ3) is 1.36. The zero-order chi connectivity index (χ0) is 6.85. The number of rotatable bonds is 0. The van der Waals surface area contributed by atoms with Gasteiger partial charge in [0.2, 0.25) is 0 Å². The lowest BCUT2D eigenvalue weighted by Gasteiger charge is -1.94. The Labute approximate surface area is 60.9 Å². The Morgan fingerprint density at radius 1 is 1.33 bits per heavy atom. The molecule has 0 fully saturated rings. The second kappa shape index (κ2) is 2.27. The van der Waals surface area contributed by atoms with Crippen molar-refractivity contribution in [3.8, 4) is 11.5 Å². The third-order valence-electron chi connectivity index (χ3n) is 0.873. The van der Waals surface area contributed by atoms with Gasteiger partial charge >= 0.3 is 0 Å². The first-order valence-electron chi connectivity index (χ1n) is 2.29. The number of phenolic OH excluding ortho intramolecular Hbond substituents is 2. The second-order valence-electron chi connectivity index (χ2n) is 1.55. The zero-order valence-electron chi connectivity index (χ0n) is 4.43. The standard InChI is InChI=1S/C6H4BrO2/c7-4-1-2-5(8)6(9)3-4/h2-3,8-9H. The van der Waals surface area contributed by atoms with Crippen LogP contribution in [0, 0.1) is 6.07 Å². The van der Waals surface area contributed by atoms with Crippen molar-refractivity contribution < 1.29 is 10.2 Å². The first kappa shape index (κ1) is 6.42. The molecule has 2 N–H and O–H groups in total. The molecule has 3 heteroatoms. The fourth-order valence-corrected chi connectivity index (χ4v) is 0.778. The van der Waals surface area contributed by atoms with E-state index in [0.717, 1.165) is 0 Å². The van der Waals surface area contributed by atoms with Crippen molar-refractivity contribution in [3.63, 3.8) is 0 Å². The van der Waals surface area contributed by atoms with Crippen molar-refractivity contribution in [2.45, 2.75) is 0 Å². The molecule has 0 unspecified atom stereocenters. The van der Waals surface area contributed by atoms with Gasteiger partial charge in [-0.05, 0) is 12.1 Å². The Morgan fingerprint density at radius 3 is 2.44 bits per heavy atom. The van der Waals surface area contributed by atoms with Crippen molar-refractivity contribution in [3.05, 3.63) is 22.7 Å². The molecule has 0 bridgehead atoms. The third-order valence-corrected chi connectivity index (χ3v) is 1.33. The number of halogens is 1. The summed E-state index contributed by atoms with van der Waals surface area (Å²) in [7, 11) is 0. The van der Waals surface area contributed by atoms with Gasteiger partial charge in [-0.15, -0.1) is 0 Å². The molecule has 0 aliphatic rings. The molecule has 0 aromatic heterocycles. The van der Waals surface area contributed by atoms with E-state index >= 15 is 0 Å². The molecule has 1 rings (SSSR count). The largest absolute Gasteiger partial charge is 0.504 e. The first-order chi connectivity index (χ1) is 4.20. The lowest BCUT2D eigenvalue weighted by atomic mass is 10.3. The van der Waals surface area contributed by atoms with E-state index in [-0.39, 0.29) is 11.5 Å². The number of phenols is 2. The maximum atomic E-state index is 8.80. The van der Waals surface area contributed by atoms with Crippen molar-refractivity contribution >= 4 is 15.9 Å². The van der Waals surface area contributed by atoms with Crippen LogP contribution in [0.1, 0.15) is 0 Å². The van der Waals surface area contributed by atoms with Gasteiger partial charge in [-0.3, -0.25) is 0 Å². The maximum Gasteiger partial charge on any atom is 0.158 e. The van der Waals surface area contributed by atoms with E-state index in [9.17, 15) is 0 Å². The van der Waals surface area contributed by atoms with E-state index in [4.69, 9.17) is 10.2 Å². The van der Waals surface area contributed by atoms with E-state index in [0.29, 0.717) is 4.47 Å². The van der Waals surface area contributed by atoms with Crippen molar-refractivity contribution in [1.29, 1.82) is 0 Å². The molecule has 0 spiro atoms. The molecule has 0 heterocycles. The average molecular weight is 188 g/mol. The second-order valence-corrected chi connectivity index (χ2v) is 2.41. The van der Waals surface area contributed by atoms with Crippen LogP contribution in [0.4, 0.5) is 0 Å².